The largest absolute Gasteiger partial charge is 0.480 e. The topological polar surface area (TPSA) is 104 Å². The highest BCUT2D eigenvalue weighted by molar-refractivity contribution is 9.10. The van der Waals surface area contributed by atoms with Gasteiger partial charge in [-0.15, -0.1) is 0 Å². The highest BCUT2D eigenvalue weighted by Gasteiger charge is 2.30. The molecule has 6 nitrogen and oxygen atoms in total. The Kier molecular flexibility index (Phi) is 5.34. The van der Waals surface area contributed by atoms with Crippen LogP contribution in [0.15, 0.2) is 27.6 Å². The zero-order valence-corrected chi connectivity index (χ0v) is 12.8. The van der Waals surface area contributed by atoms with Gasteiger partial charge in [-0.05, 0) is 25.1 Å². The number of hydrogen-bond acceptors (Lipinski definition) is 4. The number of halogens is 2. The molecule has 3 N–H and O–H groups in total. The number of hydrogen-bond donors (Lipinski definition) is 3. The van der Waals surface area contributed by atoms with Crippen LogP contribution in [-0.4, -0.2) is 36.7 Å². The van der Waals surface area contributed by atoms with Crippen LogP contribution >= 0.6 is 27.5 Å². The first-order chi connectivity index (χ1) is 8.65. The lowest BCUT2D eigenvalue weighted by molar-refractivity contribution is -0.141. The van der Waals surface area contributed by atoms with Crippen LogP contribution in [0.4, 0.5) is 0 Å². The van der Waals surface area contributed by atoms with E-state index >= 15 is 0 Å². The number of nitrogens with one attached hydrogen (secondary N) is 1. The lowest BCUT2D eigenvalue weighted by Crippen LogP contribution is -2.47. The minimum atomic E-state index is -4.14. The second kappa shape index (κ2) is 6.19. The van der Waals surface area contributed by atoms with Gasteiger partial charge in [0, 0.05) is 4.47 Å². The van der Waals surface area contributed by atoms with Gasteiger partial charge in [-0.2, -0.15) is 4.72 Å². The number of sulfonamides is 1. The average Bonchev–Trinajstić information content (AvgIpc) is 2.24. The fraction of sp³-hybridized carbons (Fsp3) is 0.300. The summed E-state index contributed by atoms with van der Waals surface area (Å²) in [5.74, 6) is -1.48. The Bertz CT molecular complexity index is 590. The highest BCUT2D eigenvalue weighted by Crippen LogP contribution is 2.25. The Morgan fingerprint density at radius 2 is 2.05 bits per heavy atom. The van der Waals surface area contributed by atoms with Crippen molar-refractivity contribution in [1.82, 2.24) is 4.72 Å². The molecule has 0 unspecified atom stereocenters. The first kappa shape index (κ1) is 16.4. The second-order valence-electron chi connectivity index (χ2n) is 3.75. The molecule has 106 valence electrons. The summed E-state index contributed by atoms with van der Waals surface area (Å²) < 4.78 is 26.5. The number of aliphatic carboxylic acids is 1. The molecule has 0 heterocycles. The fourth-order valence-corrected chi connectivity index (χ4v) is 3.58. The minimum Gasteiger partial charge on any atom is -0.480 e. The molecule has 1 aromatic rings. The van der Waals surface area contributed by atoms with Crippen molar-refractivity contribution >= 4 is 43.5 Å². The van der Waals surface area contributed by atoms with E-state index in [2.05, 4.69) is 15.9 Å². The molecule has 0 spiro atoms. The van der Waals surface area contributed by atoms with Gasteiger partial charge in [0.05, 0.1) is 11.1 Å². The predicted molar refractivity (Wildman–Crippen MR) is 72.6 cm³/mol. The Hall–Kier alpha value is -0.670. The number of aliphatic hydroxyl groups is 1. The maximum Gasteiger partial charge on any atom is 0.324 e. The molecule has 0 amide bonds. The van der Waals surface area contributed by atoms with Crippen LogP contribution in [0, 0.1) is 0 Å². The number of rotatable bonds is 5. The normalized spacial score (nSPS) is 14.9. The molecule has 0 fully saturated rings. The van der Waals surface area contributed by atoms with Crippen molar-refractivity contribution in [2.75, 3.05) is 0 Å². The molecule has 0 aliphatic rings. The molecule has 0 radical (unpaired) electrons. The van der Waals surface area contributed by atoms with Gasteiger partial charge in [-0.25, -0.2) is 8.42 Å². The Balaban J connectivity index is 3.14. The molecule has 0 aliphatic carbocycles. The molecule has 0 saturated heterocycles. The van der Waals surface area contributed by atoms with E-state index in [1.807, 2.05) is 4.72 Å². The quantitative estimate of drug-likeness (QED) is 0.721. The van der Waals surface area contributed by atoms with Crippen LogP contribution in [0.5, 0.6) is 0 Å². The second-order valence-corrected chi connectivity index (χ2v) is 6.76. The molecule has 9 heteroatoms. The van der Waals surface area contributed by atoms with E-state index < -0.39 is 28.1 Å². The molecule has 0 aromatic heterocycles. The number of aliphatic hydroxyl groups excluding tert-OH is 1. The molecule has 0 aliphatic heterocycles. The van der Waals surface area contributed by atoms with Crippen LogP contribution in [0.1, 0.15) is 6.92 Å². The lowest BCUT2D eigenvalue weighted by Gasteiger charge is -2.17. The van der Waals surface area contributed by atoms with Crippen molar-refractivity contribution < 1.29 is 23.4 Å². The van der Waals surface area contributed by atoms with Gasteiger partial charge in [0.2, 0.25) is 10.0 Å². The number of benzene rings is 1. The summed E-state index contributed by atoms with van der Waals surface area (Å²) in [7, 11) is -4.14. The monoisotopic (exact) mass is 371 g/mol. The summed E-state index contributed by atoms with van der Waals surface area (Å²) in [5.41, 5.74) is 0. The summed E-state index contributed by atoms with van der Waals surface area (Å²) >= 11 is 8.92. The Morgan fingerprint density at radius 1 is 1.47 bits per heavy atom. The van der Waals surface area contributed by atoms with Crippen LogP contribution in [-0.2, 0) is 14.8 Å². The molecule has 0 bridgehead atoms. The Morgan fingerprint density at radius 3 is 2.47 bits per heavy atom. The van der Waals surface area contributed by atoms with Crippen molar-refractivity contribution in [3.8, 4) is 0 Å². The SMILES string of the molecule is C[C@@H](O)[C@H](NS(=O)(=O)c1ccc(Br)cc1Cl)C(=O)O. The molecular formula is C10H11BrClNO5S. The van der Waals surface area contributed by atoms with Gasteiger partial charge < -0.3 is 10.2 Å². The van der Waals surface area contributed by atoms with Crippen molar-refractivity contribution in [2.45, 2.75) is 24.0 Å². The van der Waals surface area contributed by atoms with E-state index in [4.69, 9.17) is 16.7 Å². The third kappa shape index (κ3) is 4.15. The third-order valence-electron chi connectivity index (χ3n) is 2.21. The Labute approximate surface area is 123 Å². The van der Waals surface area contributed by atoms with Crippen LogP contribution < -0.4 is 4.72 Å². The first-order valence-electron chi connectivity index (χ1n) is 5.03. The summed E-state index contributed by atoms with van der Waals surface area (Å²) in [6, 6.07) is 2.41. The highest BCUT2D eigenvalue weighted by atomic mass is 79.9. The molecule has 19 heavy (non-hydrogen) atoms. The molecule has 1 rings (SSSR count). The summed E-state index contributed by atoms with van der Waals surface area (Å²) in [5, 5.41) is 18.0. The van der Waals surface area contributed by atoms with Crippen molar-refractivity contribution in [3.05, 3.63) is 27.7 Å². The molecular weight excluding hydrogens is 362 g/mol. The zero-order chi connectivity index (χ0) is 14.8. The van der Waals surface area contributed by atoms with E-state index in [0.717, 1.165) is 0 Å². The van der Waals surface area contributed by atoms with E-state index in [-0.39, 0.29) is 9.92 Å². The van der Waals surface area contributed by atoms with E-state index in [9.17, 15) is 18.3 Å². The summed E-state index contributed by atoms with van der Waals surface area (Å²) in [6.45, 7) is 1.17. The zero-order valence-electron chi connectivity index (χ0n) is 9.67. The third-order valence-corrected chi connectivity index (χ3v) is 4.63. The summed E-state index contributed by atoms with van der Waals surface area (Å²) in [6.07, 6.45) is -1.39. The van der Waals surface area contributed by atoms with E-state index in [0.29, 0.717) is 4.47 Å². The lowest BCUT2D eigenvalue weighted by atomic mass is 10.2. The van der Waals surface area contributed by atoms with Crippen molar-refractivity contribution in [2.24, 2.45) is 0 Å². The molecule has 2 atom stereocenters. The van der Waals surface area contributed by atoms with Crippen molar-refractivity contribution in [1.29, 1.82) is 0 Å². The number of carboxylic acid groups (broad SMARTS) is 1. The van der Waals surface area contributed by atoms with Gasteiger partial charge in [0.15, 0.2) is 0 Å². The van der Waals surface area contributed by atoms with Gasteiger partial charge in [0.25, 0.3) is 0 Å². The van der Waals surface area contributed by atoms with E-state index in [1.165, 1.54) is 25.1 Å². The van der Waals surface area contributed by atoms with Gasteiger partial charge in [0.1, 0.15) is 10.9 Å². The maximum atomic E-state index is 12.0. The predicted octanol–water partition coefficient (Wildman–Crippen LogP) is 1.21. The smallest absolute Gasteiger partial charge is 0.324 e. The number of carbonyl (C=O) groups is 1. The standard InChI is InChI=1S/C10H11BrClNO5S/c1-5(14)9(10(15)16)13-19(17,18)8-3-2-6(11)4-7(8)12/h2-5,9,13-14H,1H3,(H,15,16)/t5-,9+/m1/s1. The van der Waals surface area contributed by atoms with Crippen LogP contribution in [0.2, 0.25) is 5.02 Å². The van der Waals surface area contributed by atoms with Crippen LogP contribution in [0.3, 0.4) is 0 Å². The molecule has 1 aromatic carbocycles. The maximum absolute atomic E-state index is 12.0. The number of carboxylic acids is 1. The van der Waals surface area contributed by atoms with Gasteiger partial charge >= 0.3 is 5.97 Å². The average molecular weight is 373 g/mol. The van der Waals surface area contributed by atoms with Crippen LogP contribution in [0.25, 0.3) is 0 Å². The van der Waals surface area contributed by atoms with Gasteiger partial charge in [-0.3, -0.25) is 4.79 Å². The first-order valence-corrected chi connectivity index (χ1v) is 7.69. The minimum absolute atomic E-state index is 0.0587. The summed E-state index contributed by atoms with van der Waals surface area (Å²) in [4.78, 5) is 10.6. The fourth-order valence-electron chi connectivity index (χ4n) is 1.28. The van der Waals surface area contributed by atoms with Gasteiger partial charge in [-0.1, -0.05) is 27.5 Å². The van der Waals surface area contributed by atoms with Crippen molar-refractivity contribution in [3.63, 3.8) is 0 Å². The van der Waals surface area contributed by atoms with E-state index in [1.54, 1.807) is 0 Å². The molecule has 0 saturated carbocycles.